The van der Waals surface area contributed by atoms with Crippen molar-refractivity contribution >= 4 is 76.0 Å². The molecule has 2 heterocycles. The number of fused-ring (bicyclic) bond motifs is 1. The van der Waals surface area contributed by atoms with E-state index in [4.69, 9.17) is 0 Å². The number of amides is 9. The number of aromatic hydroxyl groups is 1. The van der Waals surface area contributed by atoms with Gasteiger partial charge in [-0.3, -0.25) is 52.7 Å². The molecule has 0 unspecified atom stereocenters. The van der Waals surface area contributed by atoms with Gasteiger partial charge in [-0.1, -0.05) is 74.5 Å². The molecule has 4 aromatic rings. The van der Waals surface area contributed by atoms with Gasteiger partial charge in [0.15, 0.2) is 0 Å². The number of benzene rings is 3. The molecule has 1 saturated heterocycles. The second kappa shape index (κ2) is 28.0. The number of hydrogen-bond acceptors (Lipinski definition) is 12. The zero-order valence-corrected chi connectivity index (χ0v) is 42.1. The summed E-state index contributed by atoms with van der Waals surface area (Å²) in [7, 11) is 0. The van der Waals surface area contributed by atoms with Gasteiger partial charge < -0.3 is 68.2 Å². The number of carboxylic acid groups (broad SMARTS) is 2. The lowest BCUT2D eigenvalue weighted by atomic mass is 9.99. The van der Waals surface area contributed by atoms with Crippen LogP contribution in [0.4, 0.5) is 0 Å². The minimum atomic E-state index is -1.68. The van der Waals surface area contributed by atoms with E-state index in [1.54, 1.807) is 74.6 Å². The zero-order chi connectivity index (χ0) is 55.5. The first-order valence-electron chi connectivity index (χ1n) is 24.6. The Bertz CT molecular complexity index is 2750. The Morgan fingerprint density at radius 3 is 1.55 bits per heavy atom. The number of para-hydroxylation sites is 1. The fourth-order valence-corrected chi connectivity index (χ4v) is 8.21. The zero-order valence-electron chi connectivity index (χ0n) is 42.1. The molecule has 0 saturated carbocycles. The van der Waals surface area contributed by atoms with Crippen LogP contribution in [0.3, 0.4) is 0 Å². The van der Waals surface area contributed by atoms with Gasteiger partial charge in [0.05, 0.1) is 13.1 Å². The van der Waals surface area contributed by atoms with Crippen LogP contribution in [0.25, 0.3) is 10.9 Å². The third-order valence-electron chi connectivity index (χ3n) is 12.2. The molecule has 13 N–H and O–H groups in total. The van der Waals surface area contributed by atoms with Gasteiger partial charge >= 0.3 is 11.9 Å². The van der Waals surface area contributed by atoms with Gasteiger partial charge in [-0.15, -0.1) is 0 Å². The summed E-state index contributed by atoms with van der Waals surface area (Å²) >= 11 is 0. The third-order valence-corrected chi connectivity index (χ3v) is 12.2. The molecule has 0 radical (unpaired) electrons. The van der Waals surface area contributed by atoms with E-state index < -0.39 is 146 Å². The van der Waals surface area contributed by atoms with E-state index in [9.17, 15) is 68.1 Å². The van der Waals surface area contributed by atoms with E-state index in [0.717, 1.165) is 0 Å². The maximum absolute atomic E-state index is 14.4. The van der Waals surface area contributed by atoms with Crippen LogP contribution in [-0.4, -0.2) is 141 Å². The van der Waals surface area contributed by atoms with Crippen molar-refractivity contribution in [1.29, 1.82) is 0 Å². The molecule has 0 spiro atoms. The van der Waals surface area contributed by atoms with Gasteiger partial charge in [-0.2, -0.15) is 0 Å². The number of H-pyrrole nitrogens is 1. The minimum absolute atomic E-state index is 0.0499. The Kier molecular flexibility index (Phi) is 21.4. The minimum Gasteiger partial charge on any atom is -0.508 e. The highest BCUT2D eigenvalue weighted by Crippen LogP contribution is 2.20. The number of rotatable bonds is 14. The number of nitrogens with one attached hydrogen (secondary N) is 10. The largest absolute Gasteiger partial charge is 0.508 e. The molecule has 7 atom stereocenters. The maximum atomic E-state index is 14.4. The van der Waals surface area contributed by atoms with Crippen molar-refractivity contribution in [3.8, 4) is 5.75 Å². The van der Waals surface area contributed by atoms with Crippen molar-refractivity contribution in [2.45, 2.75) is 114 Å². The predicted molar refractivity (Wildman–Crippen MR) is 272 cm³/mol. The Balaban J connectivity index is 1.52. The monoisotopic (exact) mass is 1050 g/mol. The lowest BCUT2D eigenvalue weighted by Gasteiger charge is -2.26. The van der Waals surface area contributed by atoms with Crippen LogP contribution in [0, 0.1) is 5.92 Å². The number of aliphatic carboxylic acids is 2. The number of phenolic OH excluding ortho intramolecular Hbond substituents is 1. The van der Waals surface area contributed by atoms with Gasteiger partial charge in [-0.05, 0) is 67.0 Å². The first kappa shape index (κ1) is 58.1. The molecule has 406 valence electrons. The van der Waals surface area contributed by atoms with Crippen LogP contribution in [0.1, 0.15) is 69.6 Å². The number of carboxylic acids is 2. The molecule has 0 bridgehead atoms. The Morgan fingerprint density at radius 2 is 0.961 bits per heavy atom. The molecule has 76 heavy (non-hydrogen) atoms. The summed E-state index contributed by atoms with van der Waals surface area (Å²) in [4.78, 5) is 152. The summed E-state index contributed by atoms with van der Waals surface area (Å²) in [6.45, 7) is 3.28. The van der Waals surface area contributed by atoms with Gasteiger partial charge in [0.2, 0.25) is 53.2 Å². The van der Waals surface area contributed by atoms with Crippen molar-refractivity contribution < 1.29 is 68.1 Å². The number of aromatic amines is 1. The molecule has 5 rings (SSSR count). The van der Waals surface area contributed by atoms with Gasteiger partial charge in [-0.25, -0.2) is 0 Å². The molecule has 1 aromatic heterocycles. The molecule has 9 amide bonds. The van der Waals surface area contributed by atoms with E-state index in [-0.39, 0.29) is 37.4 Å². The first-order valence-corrected chi connectivity index (χ1v) is 24.6. The van der Waals surface area contributed by atoms with Crippen LogP contribution in [0.15, 0.2) is 85.1 Å². The van der Waals surface area contributed by atoms with Gasteiger partial charge in [0.25, 0.3) is 0 Å². The van der Waals surface area contributed by atoms with Gasteiger partial charge in [0, 0.05) is 49.2 Å². The highest BCUT2D eigenvalue weighted by Gasteiger charge is 2.34. The van der Waals surface area contributed by atoms with Crippen LogP contribution in [0.2, 0.25) is 0 Å². The van der Waals surface area contributed by atoms with Crippen molar-refractivity contribution in [3.05, 3.63) is 102 Å². The van der Waals surface area contributed by atoms with E-state index in [2.05, 4.69) is 52.8 Å². The van der Waals surface area contributed by atoms with Crippen LogP contribution in [-0.2, 0) is 72.0 Å². The summed E-state index contributed by atoms with van der Waals surface area (Å²) < 4.78 is 0. The third kappa shape index (κ3) is 18.3. The summed E-state index contributed by atoms with van der Waals surface area (Å²) in [5.74, 6) is -11.4. The highest BCUT2D eigenvalue weighted by atomic mass is 16.4. The summed E-state index contributed by atoms with van der Waals surface area (Å²) in [5, 5.41) is 52.1. The molecule has 3 aromatic carbocycles. The summed E-state index contributed by atoms with van der Waals surface area (Å²) in [5.41, 5.74) is 2.37. The standard InChI is InChI=1S/C52H64N10O14/c1-28(2)21-38-51(75)62-41(24-32-25-53-35-12-8-7-11-34(32)35)48(72)55-26-42(64)57-36(17-19-44(66)67)50(74)59-37(18-20-45(68)69)49(73)56-29(3)46(70)60-39(23-31-13-15-33(63)16-14-31)47(71)54-27-43(65)58-40(52(76)61-38)22-30-9-5-4-6-10-30/h4-16,25,28-29,36-41,53,63H,17-24,26-27H2,1-3H3,(H,54,71)(H,55,72)(H,56,73)(H,57,64)(H,58,65)(H,59,74)(H,60,70)(H,61,76)(H,62,75)(H,66,67)(H,68,69)/t29-,36+,37+,38+,39+,40+,41+/m1/s1. The second-order valence-corrected chi connectivity index (χ2v) is 18.8. The first-order chi connectivity index (χ1) is 36.1. The highest BCUT2D eigenvalue weighted by molar-refractivity contribution is 5.99. The molecular weight excluding hydrogens is 989 g/mol. The van der Waals surface area contributed by atoms with Crippen molar-refractivity contribution in [3.63, 3.8) is 0 Å². The molecule has 1 aliphatic rings. The lowest BCUT2D eigenvalue weighted by molar-refractivity contribution is -0.140. The molecular formula is C52H64N10O14. The average molecular weight is 1050 g/mol. The Labute approximate surface area is 436 Å². The van der Waals surface area contributed by atoms with E-state index >= 15 is 0 Å². The SMILES string of the molecule is CC(C)C[C@@H]1NC(=O)[C@H](Cc2ccccc2)NC(=O)CNC(=O)[C@H](Cc2ccc(O)cc2)NC(=O)[C@@H](C)NC(=O)[C@H](CCC(=O)O)NC(=O)[C@H](CCC(=O)O)NC(=O)CNC(=O)[C@H](Cc2c[nH]c3ccccc23)NC1=O. The number of carbonyl (C=O) groups is 11. The van der Waals surface area contributed by atoms with Crippen molar-refractivity contribution in [2.24, 2.45) is 5.92 Å². The number of hydrogen-bond donors (Lipinski definition) is 13. The van der Waals surface area contributed by atoms with E-state index in [0.29, 0.717) is 27.6 Å². The van der Waals surface area contributed by atoms with Gasteiger partial charge in [0.1, 0.15) is 48.0 Å². The number of phenols is 1. The van der Waals surface area contributed by atoms with Crippen LogP contribution < -0.4 is 47.9 Å². The second-order valence-electron chi connectivity index (χ2n) is 18.8. The molecule has 24 nitrogen and oxygen atoms in total. The van der Waals surface area contributed by atoms with E-state index in [1.807, 2.05) is 0 Å². The number of carbonyl (C=O) groups excluding carboxylic acids is 9. The van der Waals surface area contributed by atoms with Crippen LogP contribution in [0.5, 0.6) is 5.75 Å². The average Bonchev–Trinajstić information content (AvgIpc) is 3.79. The van der Waals surface area contributed by atoms with Crippen molar-refractivity contribution in [1.82, 2.24) is 52.8 Å². The predicted octanol–water partition coefficient (Wildman–Crippen LogP) is -0.663. The summed E-state index contributed by atoms with van der Waals surface area (Å²) in [6.07, 6.45) is -1.15. The van der Waals surface area contributed by atoms with Crippen LogP contribution >= 0.6 is 0 Å². The lowest BCUT2D eigenvalue weighted by Crippen LogP contribution is -2.59. The fraction of sp³-hybridized carbons (Fsp3) is 0.404. The Morgan fingerprint density at radius 1 is 0.513 bits per heavy atom. The number of aromatic nitrogens is 1. The quantitative estimate of drug-likeness (QED) is 0.0746. The molecule has 1 fully saturated rings. The summed E-state index contributed by atoms with van der Waals surface area (Å²) in [6, 6.07) is 11.1. The molecule has 24 heteroatoms. The molecule has 1 aliphatic heterocycles. The smallest absolute Gasteiger partial charge is 0.303 e. The molecule has 0 aliphatic carbocycles. The maximum Gasteiger partial charge on any atom is 0.303 e. The van der Waals surface area contributed by atoms with Crippen molar-refractivity contribution in [2.75, 3.05) is 13.1 Å². The fourth-order valence-electron chi connectivity index (χ4n) is 8.21. The Hall–Kier alpha value is -8.83. The van der Waals surface area contributed by atoms with E-state index in [1.165, 1.54) is 31.2 Å². The topological polar surface area (TPSA) is 373 Å². The normalized spacial score (nSPS) is 22.3.